The predicted octanol–water partition coefficient (Wildman–Crippen LogP) is 3.01. The summed E-state index contributed by atoms with van der Waals surface area (Å²) >= 11 is 0. The molecule has 0 radical (unpaired) electrons. The first kappa shape index (κ1) is 21.8. The number of aryl methyl sites for hydroxylation is 2. The molecule has 2 aromatic rings. The van der Waals surface area contributed by atoms with Gasteiger partial charge in [0.15, 0.2) is 0 Å². The molecule has 11 heteroatoms. The van der Waals surface area contributed by atoms with Crippen LogP contribution >= 0.6 is 0 Å². The van der Waals surface area contributed by atoms with Crippen molar-refractivity contribution in [2.45, 2.75) is 13.8 Å². The van der Waals surface area contributed by atoms with E-state index in [-0.39, 0.29) is 0 Å². The van der Waals surface area contributed by atoms with Crippen molar-refractivity contribution in [1.29, 1.82) is 10.8 Å². The van der Waals surface area contributed by atoms with E-state index in [4.69, 9.17) is 28.3 Å². The molecule has 0 aliphatic rings. The second-order valence-electron chi connectivity index (χ2n) is 4.46. The zero-order valence-corrected chi connectivity index (χ0v) is 14.3. The Hall–Kier alpha value is -3.25. The Bertz CT molecular complexity index is 793. The number of rotatable bonds is 2. The second kappa shape index (κ2) is 11.3. The van der Waals surface area contributed by atoms with Crippen LogP contribution in [0.3, 0.4) is 0 Å². The average molecular weight is 364 g/mol. The number of hydrogen-bond acceptors (Lipinski definition) is 8. The zero-order chi connectivity index (χ0) is 19.3. The fourth-order valence-corrected chi connectivity index (χ4v) is 1.50. The van der Waals surface area contributed by atoms with E-state index in [0.717, 1.165) is 22.5 Å². The van der Waals surface area contributed by atoms with Gasteiger partial charge in [-0.3, -0.25) is 8.42 Å². The first-order valence-electron chi connectivity index (χ1n) is 6.67. The Morgan fingerprint density at radius 2 is 1.08 bits per heavy atom. The van der Waals surface area contributed by atoms with Crippen molar-refractivity contribution in [1.82, 2.24) is 0 Å². The van der Waals surface area contributed by atoms with Crippen LogP contribution in [0.4, 0.5) is 11.4 Å². The van der Waals surface area contributed by atoms with E-state index < -0.39 is 10.4 Å². The lowest BCUT2D eigenvalue weighted by Gasteiger charge is -2.06. The predicted molar refractivity (Wildman–Crippen MR) is 90.2 cm³/mol. The molecule has 0 aliphatic carbocycles. The summed E-state index contributed by atoms with van der Waals surface area (Å²) in [6, 6.07) is 15.2. The molecule has 2 N–H and O–H groups in total. The molecule has 0 saturated carbocycles. The van der Waals surface area contributed by atoms with Crippen LogP contribution in [0.25, 0.3) is 10.2 Å². The highest BCUT2D eigenvalue weighted by Gasteiger charge is 1.99. The van der Waals surface area contributed by atoms with Crippen molar-refractivity contribution < 1.29 is 17.5 Å². The molecular weight excluding hydrogens is 348 g/mol. The van der Waals surface area contributed by atoms with Crippen molar-refractivity contribution in [3.63, 3.8) is 0 Å². The van der Waals surface area contributed by atoms with E-state index in [0.29, 0.717) is 0 Å². The Balaban J connectivity index is 0.000000368. The van der Waals surface area contributed by atoms with Gasteiger partial charge < -0.3 is 9.11 Å². The van der Waals surface area contributed by atoms with Gasteiger partial charge in [-0.15, -0.1) is 0 Å². The number of anilines is 2. The Morgan fingerprint density at radius 3 is 1.32 bits per heavy atom. The van der Waals surface area contributed by atoms with E-state index in [2.05, 4.69) is 21.0 Å². The van der Waals surface area contributed by atoms with Crippen LogP contribution in [-0.4, -0.2) is 17.5 Å². The van der Waals surface area contributed by atoms with E-state index in [1.165, 1.54) is 0 Å². The molecule has 0 saturated heterocycles. The van der Waals surface area contributed by atoms with E-state index in [9.17, 15) is 0 Å². The molecule has 2 aromatic carbocycles. The monoisotopic (exact) mass is 364 g/mol. The molecule has 2 rings (SSSR count). The summed E-state index contributed by atoms with van der Waals surface area (Å²) in [4.78, 5) is 0. The van der Waals surface area contributed by atoms with Crippen LogP contribution in [0.2, 0.25) is 0 Å². The molecule has 0 spiro atoms. The van der Waals surface area contributed by atoms with Crippen LogP contribution in [0.5, 0.6) is 0 Å². The molecule has 0 aliphatic heterocycles. The number of para-hydroxylation sites is 2. The third-order valence-electron chi connectivity index (χ3n) is 2.63. The van der Waals surface area contributed by atoms with Gasteiger partial charge in [-0.05, 0) is 48.0 Å². The van der Waals surface area contributed by atoms with Gasteiger partial charge >= 0.3 is 10.2 Å². The summed E-state index contributed by atoms with van der Waals surface area (Å²) in [6.07, 6.45) is 0. The number of hydrogen-bond donors (Lipinski definition) is 2. The third-order valence-corrected chi connectivity index (χ3v) is 2.63. The smallest absolute Gasteiger partial charge is 0.308 e. The van der Waals surface area contributed by atoms with Crippen molar-refractivity contribution in [2.75, 3.05) is 10.9 Å². The molecule has 0 amide bonds. The summed E-state index contributed by atoms with van der Waals surface area (Å²) in [5, 5.41) is 21.9. The quantitative estimate of drug-likeness (QED) is 0.356. The van der Waals surface area contributed by atoms with Crippen molar-refractivity contribution >= 4 is 21.8 Å². The number of diazo groups is 2. The maximum Gasteiger partial charge on any atom is 0.308 e. The normalized spacial score (nSPS) is 9.04. The Kier molecular flexibility index (Phi) is 9.84. The first-order chi connectivity index (χ1) is 11.7. The number of nitrogens with zero attached hydrogens (tertiary/aromatic N) is 4. The van der Waals surface area contributed by atoms with Crippen LogP contribution in [0.15, 0.2) is 48.5 Å². The van der Waals surface area contributed by atoms with Gasteiger partial charge in [-0.2, -0.15) is 0 Å². The van der Waals surface area contributed by atoms with Gasteiger partial charge in [-0.25, -0.2) is 0 Å². The maximum atomic E-state index is 8.52. The Morgan fingerprint density at radius 1 is 0.800 bits per heavy atom. The molecule has 0 aromatic heterocycles. The van der Waals surface area contributed by atoms with Crippen LogP contribution < -0.4 is 10.9 Å². The summed E-state index contributed by atoms with van der Waals surface area (Å²) in [6.45, 7) is 3.88. The molecule has 0 unspecified atom stereocenters. The van der Waals surface area contributed by atoms with Gasteiger partial charge in [0, 0.05) is 10.4 Å². The van der Waals surface area contributed by atoms with Crippen LogP contribution in [0, 0.1) is 24.6 Å². The van der Waals surface area contributed by atoms with Crippen LogP contribution in [-0.2, 0) is 10.4 Å². The van der Waals surface area contributed by atoms with Gasteiger partial charge in [0.25, 0.3) is 10.8 Å². The van der Waals surface area contributed by atoms with Crippen molar-refractivity contribution in [3.8, 4) is 0 Å². The summed E-state index contributed by atoms with van der Waals surface area (Å²) in [7, 11) is -5.17. The van der Waals surface area contributed by atoms with Gasteiger partial charge in [0.05, 0.1) is 0 Å². The largest absolute Gasteiger partial charge is 0.759 e. The molecular formula is C14H16N6O4S. The molecule has 0 atom stereocenters. The highest BCUT2D eigenvalue weighted by atomic mass is 32.3. The van der Waals surface area contributed by atoms with E-state index in [1.54, 1.807) is 0 Å². The SMILES string of the molecule is Cc1ccccc1N[N+]#N.Cc1ccccc1N[N+]#N.O=S(=O)([O-])[O-]. The minimum absolute atomic E-state index is 0.824. The summed E-state index contributed by atoms with van der Waals surface area (Å²) < 4.78 is 34.1. The molecule has 0 bridgehead atoms. The molecule has 10 nitrogen and oxygen atoms in total. The number of benzene rings is 2. The molecule has 0 heterocycles. The van der Waals surface area contributed by atoms with Gasteiger partial charge in [-0.1, -0.05) is 36.4 Å². The Labute approximate surface area is 145 Å². The lowest BCUT2D eigenvalue weighted by molar-refractivity contribution is 0.352. The van der Waals surface area contributed by atoms with Crippen LogP contribution in [0.1, 0.15) is 11.1 Å². The topological polar surface area (TPSA) is 161 Å². The standard InChI is InChI=1S/2C7H8N3.H2O4S/c2*1-6-4-2-3-5-7(6)9-10-8;1-5(2,3)4/h2*2-5,9H,1H3;(H2,1,2,3,4)/q2*+1;/p-2. The fraction of sp³-hybridized carbons (Fsp3) is 0.143. The molecule has 25 heavy (non-hydrogen) atoms. The van der Waals surface area contributed by atoms with Gasteiger partial charge in [0.1, 0.15) is 11.4 Å². The van der Waals surface area contributed by atoms with E-state index in [1.807, 2.05) is 62.4 Å². The molecule has 132 valence electrons. The highest BCUT2D eigenvalue weighted by Crippen LogP contribution is 2.12. The minimum atomic E-state index is -5.17. The molecule has 0 fully saturated rings. The first-order valence-corrected chi connectivity index (χ1v) is 8.00. The summed E-state index contributed by atoms with van der Waals surface area (Å²) in [5.41, 5.74) is 8.67. The second-order valence-corrected chi connectivity index (χ2v) is 5.28. The zero-order valence-electron chi connectivity index (χ0n) is 13.4. The van der Waals surface area contributed by atoms with Gasteiger partial charge in [0.2, 0.25) is 0 Å². The third kappa shape index (κ3) is 11.9. The lowest BCUT2D eigenvalue weighted by atomic mass is 10.2. The van der Waals surface area contributed by atoms with E-state index >= 15 is 0 Å². The lowest BCUT2D eigenvalue weighted by Crippen LogP contribution is -1.91. The maximum absolute atomic E-state index is 8.52. The minimum Gasteiger partial charge on any atom is -0.759 e. The van der Waals surface area contributed by atoms with Crippen molar-refractivity contribution in [3.05, 3.63) is 69.8 Å². The summed E-state index contributed by atoms with van der Waals surface area (Å²) in [5.74, 6) is 0. The highest BCUT2D eigenvalue weighted by molar-refractivity contribution is 7.79. The fourth-order valence-electron chi connectivity index (χ4n) is 1.50. The number of nitrogens with one attached hydrogen (secondary N) is 2. The van der Waals surface area contributed by atoms with Crippen molar-refractivity contribution in [2.24, 2.45) is 0 Å². The average Bonchev–Trinajstić information content (AvgIpc) is 2.51.